The summed E-state index contributed by atoms with van der Waals surface area (Å²) in [6.45, 7) is 3.00. The lowest BCUT2D eigenvalue weighted by molar-refractivity contribution is 0.0521. The minimum atomic E-state index is -0.168. The van der Waals surface area contributed by atoms with Crippen molar-refractivity contribution < 1.29 is 9.53 Å². The van der Waals surface area contributed by atoms with E-state index >= 15 is 0 Å². The van der Waals surface area contributed by atoms with Crippen LogP contribution in [0.2, 0.25) is 0 Å². The van der Waals surface area contributed by atoms with E-state index in [0.29, 0.717) is 15.8 Å². The van der Waals surface area contributed by atoms with Crippen LogP contribution in [-0.2, 0) is 18.6 Å². The zero-order valence-electron chi connectivity index (χ0n) is 15.7. The Morgan fingerprint density at radius 2 is 2.04 bits per heavy atom. The SMILES string of the molecule is C[C@H]1C=CC[C@]23CCc4c(I)c(=O)c(OCc5ccccc5)c(n42)C(=O)N1C3. The number of hydrogen-bond donors (Lipinski definition) is 0. The maximum Gasteiger partial charge on any atom is 0.275 e. The number of carbonyl (C=O) groups excluding carboxylic acids is 1. The average Bonchev–Trinajstić information content (AvgIpc) is 3.00. The molecule has 1 amide bonds. The van der Waals surface area contributed by atoms with Gasteiger partial charge in [-0.2, -0.15) is 0 Å². The van der Waals surface area contributed by atoms with Gasteiger partial charge in [0, 0.05) is 18.3 Å². The number of amides is 1. The molecule has 3 aliphatic heterocycles. The zero-order chi connectivity index (χ0) is 19.5. The molecular weight excluding hydrogens is 467 g/mol. The average molecular weight is 488 g/mol. The van der Waals surface area contributed by atoms with Gasteiger partial charge in [0.2, 0.25) is 5.43 Å². The van der Waals surface area contributed by atoms with Crippen molar-refractivity contribution >= 4 is 28.5 Å². The molecule has 0 saturated carbocycles. The molecule has 28 heavy (non-hydrogen) atoms. The topological polar surface area (TPSA) is 51.5 Å². The monoisotopic (exact) mass is 488 g/mol. The number of nitrogens with zero attached hydrogens (tertiary/aromatic N) is 2. The van der Waals surface area contributed by atoms with Crippen molar-refractivity contribution in [2.24, 2.45) is 0 Å². The van der Waals surface area contributed by atoms with Crippen molar-refractivity contribution in [1.82, 2.24) is 9.47 Å². The molecule has 0 radical (unpaired) electrons. The molecule has 2 atom stereocenters. The molecule has 4 heterocycles. The van der Waals surface area contributed by atoms with Gasteiger partial charge >= 0.3 is 0 Å². The third-order valence-electron chi connectivity index (χ3n) is 6.23. The van der Waals surface area contributed by atoms with Crippen LogP contribution in [0.4, 0.5) is 0 Å². The Bertz CT molecular complexity index is 1060. The van der Waals surface area contributed by atoms with Gasteiger partial charge in [-0.25, -0.2) is 0 Å². The van der Waals surface area contributed by atoms with E-state index in [1.165, 1.54) is 0 Å². The van der Waals surface area contributed by atoms with Gasteiger partial charge in [-0.3, -0.25) is 9.59 Å². The molecule has 0 saturated heterocycles. The summed E-state index contributed by atoms with van der Waals surface area (Å²) >= 11 is 2.13. The van der Waals surface area contributed by atoms with Crippen LogP contribution in [0.25, 0.3) is 0 Å². The molecule has 1 aromatic carbocycles. The van der Waals surface area contributed by atoms with Gasteiger partial charge in [-0.05, 0) is 54.3 Å². The lowest BCUT2D eigenvalue weighted by Crippen LogP contribution is -2.54. The van der Waals surface area contributed by atoms with E-state index in [0.717, 1.165) is 30.5 Å². The Labute approximate surface area is 177 Å². The molecule has 0 aliphatic carbocycles. The van der Waals surface area contributed by atoms with Crippen molar-refractivity contribution in [3.8, 4) is 5.75 Å². The highest BCUT2D eigenvalue weighted by Gasteiger charge is 2.50. The van der Waals surface area contributed by atoms with E-state index in [4.69, 9.17) is 4.74 Å². The molecule has 0 fully saturated rings. The summed E-state index contributed by atoms with van der Waals surface area (Å²) in [5.74, 6) is 0.0986. The normalized spacial score (nSPS) is 24.9. The number of carbonyl (C=O) groups is 1. The van der Waals surface area contributed by atoms with E-state index in [1.807, 2.05) is 42.2 Å². The molecular formula is C22H21IN2O3. The Hall–Kier alpha value is -2.09. The number of allylic oxidation sites excluding steroid dienone is 1. The van der Waals surface area contributed by atoms with E-state index in [2.05, 4.69) is 39.3 Å². The standard InChI is InChI=1S/C22H21IN2O3/c1-14-6-5-10-22-11-9-16-17(23)19(26)20(28-12-15-7-3-2-4-8-15)18(25(16)22)21(27)24(14)13-22/h2-8,14H,9-13H2,1H3/t14-,22+/m0/s1. The fourth-order valence-electron chi connectivity index (χ4n) is 4.79. The highest BCUT2D eigenvalue weighted by molar-refractivity contribution is 14.1. The number of hydrogen-bond acceptors (Lipinski definition) is 3. The quantitative estimate of drug-likeness (QED) is 0.491. The van der Waals surface area contributed by atoms with Gasteiger partial charge in [0.15, 0.2) is 11.4 Å². The smallest absolute Gasteiger partial charge is 0.275 e. The molecule has 144 valence electrons. The molecule has 5 nitrogen and oxygen atoms in total. The van der Waals surface area contributed by atoms with Crippen molar-refractivity contribution in [3.05, 3.63) is 73.2 Å². The second kappa shape index (κ2) is 6.47. The molecule has 5 rings (SSSR count). The van der Waals surface area contributed by atoms with E-state index in [1.54, 1.807) is 0 Å². The Balaban J connectivity index is 1.69. The Morgan fingerprint density at radius 3 is 2.82 bits per heavy atom. The Morgan fingerprint density at radius 1 is 1.25 bits per heavy atom. The van der Waals surface area contributed by atoms with Gasteiger partial charge in [0.1, 0.15) is 6.61 Å². The molecule has 2 aromatic rings. The summed E-state index contributed by atoms with van der Waals surface area (Å²) in [5.41, 5.74) is 2.07. The Kier molecular flexibility index (Phi) is 4.15. The first-order valence-corrected chi connectivity index (χ1v) is 10.7. The van der Waals surface area contributed by atoms with Crippen molar-refractivity contribution in [2.45, 2.75) is 44.4 Å². The molecule has 2 bridgehead atoms. The van der Waals surface area contributed by atoms with Gasteiger partial charge in [-0.15, -0.1) is 0 Å². The van der Waals surface area contributed by atoms with E-state index in [9.17, 15) is 9.59 Å². The van der Waals surface area contributed by atoms with E-state index < -0.39 is 0 Å². The lowest BCUT2D eigenvalue weighted by atomic mass is 9.90. The fourth-order valence-corrected chi connectivity index (χ4v) is 5.54. The predicted molar refractivity (Wildman–Crippen MR) is 115 cm³/mol. The number of halogens is 1. The van der Waals surface area contributed by atoms with Crippen LogP contribution in [0.5, 0.6) is 5.75 Å². The summed E-state index contributed by atoms with van der Waals surface area (Å²) < 4.78 is 8.87. The third kappa shape index (κ3) is 2.50. The lowest BCUT2D eigenvalue weighted by Gasteiger charge is -2.43. The van der Waals surface area contributed by atoms with Crippen LogP contribution in [0.1, 0.15) is 41.5 Å². The number of ether oxygens (including phenoxy) is 1. The predicted octanol–water partition coefficient (Wildman–Crippen LogP) is 3.48. The van der Waals surface area contributed by atoms with Gasteiger partial charge < -0.3 is 14.2 Å². The van der Waals surface area contributed by atoms with Crippen LogP contribution in [0.15, 0.2) is 47.3 Å². The molecule has 1 aromatic heterocycles. The number of rotatable bonds is 3. The van der Waals surface area contributed by atoms with Crippen molar-refractivity contribution in [1.29, 1.82) is 0 Å². The second-order valence-electron chi connectivity index (χ2n) is 7.91. The highest BCUT2D eigenvalue weighted by Crippen LogP contribution is 2.45. The van der Waals surface area contributed by atoms with Gasteiger partial charge in [0.05, 0.1) is 9.11 Å². The van der Waals surface area contributed by atoms with Crippen LogP contribution in [0, 0.1) is 3.57 Å². The molecule has 6 heteroatoms. The van der Waals surface area contributed by atoms with Crippen LogP contribution < -0.4 is 10.2 Å². The molecule has 3 aliphatic rings. The molecule has 0 N–H and O–H groups in total. The van der Waals surface area contributed by atoms with Crippen molar-refractivity contribution in [3.63, 3.8) is 0 Å². The van der Waals surface area contributed by atoms with Crippen LogP contribution >= 0.6 is 22.6 Å². The van der Waals surface area contributed by atoms with Crippen molar-refractivity contribution in [2.75, 3.05) is 6.54 Å². The summed E-state index contributed by atoms with van der Waals surface area (Å²) in [6, 6.07) is 9.76. The number of benzene rings is 1. The highest BCUT2D eigenvalue weighted by atomic mass is 127. The summed E-state index contributed by atoms with van der Waals surface area (Å²) in [5, 5.41) is 0. The number of pyridine rings is 1. The van der Waals surface area contributed by atoms with Gasteiger partial charge in [0.25, 0.3) is 5.91 Å². The molecule has 1 spiro atoms. The summed E-state index contributed by atoms with van der Waals surface area (Å²) in [6.07, 6.45) is 6.93. The third-order valence-corrected chi connectivity index (χ3v) is 7.34. The maximum absolute atomic E-state index is 13.5. The van der Waals surface area contributed by atoms with Crippen LogP contribution in [-0.4, -0.2) is 28.0 Å². The second-order valence-corrected chi connectivity index (χ2v) is 8.99. The summed E-state index contributed by atoms with van der Waals surface area (Å²) in [7, 11) is 0. The number of fused-ring (bicyclic) bond motifs is 1. The largest absolute Gasteiger partial charge is 0.483 e. The molecule has 0 unspecified atom stereocenters. The number of aromatic nitrogens is 1. The zero-order valence-corrected chi connectivity index (χ0v) is 17.8. The first-order chi connectivity index (χ1) is 13.5. The fraction of sp³-hybridized carbons (Fsp3) is 0.364. The van der Waals surface area contributed by atoms with E-state index in [-0.39, 0.29) is 35.3 Å². The van der Waals surface area contributed by atoms with Gasteiger partial charge in [-0.1, -0.05) is 42.5 Å². The first-order valence-electron chi connectivity index (χ1n) is 9.64. The first kappa shape index (κ1) is 18.0. The minimum absolute atomic E-state index is 0.0148. The maximum atomic E-state index is 13.5. The summed E-state index contributed by atoms with van der Waals surface area (Å²) in [4.78, 5) is 28.5. The van der Waals surface area contributed by atoms with Crippen LogP contribution in [0.3, 0.4) is 0 Å². The minimum Gasteiger partial charge on any atom is -0.483 e.